The second-order valence-corrected chi connectivity index (χ2v) is 5.54. The largest absolute Gasteiger partial charge is 0.465 e. The topological polar surface area (TPSA) is 46.5 Å². The number of aliphatic hydroxyl groups is 1. The molecule has 0 aliphatic carbocycles. The van der Waals surface area contributed by atoms with E-state index < -0.39 is 6.10 Å². The molecule has 0 aliphatic heterocycles. The maximum atomic E-state index is 11.2. The number of aliphatic hydroxyl groups excluding tert-OH is 1. The first-order valence-corrected chi connectivity index (χ1v) is 5.82. The van der Waals surface area contributed by atoms with Gasteiger partial charge >= 0.3 is 5.97 Å². The third-order valence-corrected chi connectivity index (χ3v) is 2.91. The number of likely N-dealkylation sites (N-methyl/N-ethyl adjacent to an activating group) is 1. The van der Waals surface area contributed by atoms with Gasteiger partial charge in [0.15, 0.2) is 0 Å². The highest BCUT2D eigenvalue weighted by atomic mass is 16.5. The van der Waals surface area contributed by atoms with Crippen LogP contribution < -0.4 is 0 Å². The molecule has 4 heteroatoms. The first-order valence-electron chi connectivity index (χ1n) is 5.82. The van der Waals surface area contributed by atoms with Crippen LogP contribution in [0.2, 0.25) is 0 Å². The Bertz CT molecular complexity index is 221. The number of rotatable bonds is 6. The Labute approximate surface area is 98.8 Å². The van der Waals surface area contributed by atoms with Crippen LogP contribution in [0.25, 0.3) is 0 Å². The van der Waals surface area contributed by atoms with E-state index >= 15 is 0 Å². The molecule has 0 aromatic rings. The third-order valence-electron chi connectivity index (χ3n) is 2.91. The number of nitrogens with zero attached hydrogens (tertiary/aromatic N) is 1. The molecule has 1 N–H and O–H groups in total. The van der Waals surface area contributed by atoms with Gasteiger partial charge < -0.3 is 14.3 Å². The second-order valence-electron chi connectivity index (χ2n) is 5.54. The van der Waals surface area contributed by atoms with Crippen molar-refractivity contribution < 1.29 is 19.1 Å². The molecular formula is C12H26NO3+. The van der Waals surface area contributed by atoms with Gasteiger partial charge in [0, 0.05) is 6.42 Å². The summed E-state index contributed by atoms with van der Waals surface area (Å²) < 4.78 is 5.72. The summed E-state index contributed by atoms with van der Waals surface area (Å²) in [6.07, 6.45) is 0.0507. The number of esters is 1. The molecule has 0 radical (unpaired) electrons. The Kier molecular flexibility index (Phi) is 5.97. The Balaban J connectivity index is 3.91. The summed E-state index contributed by atoms with van der Waals surface area (Å²) >= 11 is 0. The predicted molar refractivity (Wildman–Crippen MR) is 63.9 cm³/mol. The lowest BCUT2D eigenvalue weighted by molar-refractivity contribution is -0.897. The van der Waals surface area contributed by atoms with E-state index in [4.69, 9.17) is 4.74 Å². The summed E-state index contributed by atoms with van der Waals surface area (Å²) in [6, 6.07) is 0.123. The molecular weight excluding hydrogens is 206 g/mol. The fraction of sp³-hybridized carbons (Fsp3) is 0.917. The number of hydrogen-bond donors (Lipinski definition) is 1. The lowest BCUT2D eigenvalue weighted by Gasteiger charge is -2.34. The fourth-order valence-corrected chi connectivity index (χ4v) is 1.20. The maximum absolute atomic E-state index is 11.2. The van der Waals surface area contributed by atoms with Crippen LogP contribution in [0.1, 0.15) is 27.2 Å². The van der Waals surface area contributed by atoms with Gasteiger partial charge in [-0.1, -0.05) is 13.8 Å². The average molecular weight is 232 g/mol. The summed E-state index contributed by atoms with van der Waals surface area (Å²) in [7, 11) is 6.11. The van der Waals surface area contributed by atoms with E-state index in [9.17, 15) is 9.90 Å². The van der Waals surface area contributed by atoms with Crippen LogP contribution in [0.15, 0.2) is 0 Å². The van der Waals surface area contributed by atoms with Crippen molar-refractivity contribution in [2.24, 2.45) is 5.92 Å². The minimum Gasteiger partial charge on any atom is -0.465 e. The summed E-state index contributed by atoms with van der Waals surface area (Å²) in [5.41, 5.74) is 0. The molecule has 0 aromatic carbocycles. The van der Waals surface area contributed by atoms with Gasteiger partial charge in [-0.25, -0.2) is 0 Å². The van der Waals surface area contributed by atoms with Crippen LogP contribution in [0, 0.1) is 5.92 Å². The predicted octanol–water partition coefficient (Wildman–Crippen LogP) is 1.03. The zero-order chi connectivity index (χ0) is 12.9. The monoisotopic (exact) mass is 232 g/mol. The van der Waals surface area contributed by atoms with E-state index in [-0.39, 0.29) is 17.9 Å². The summed E-state index contributed by atoms with van der Waals surface area (Å²) in [4.78, 5) is 11.2. The van der Waals surface area contributed by atoms with Crippen molar-refractivity contribution in [3.63, 3.8) is 0 Å². The van der Waals surface area contributed by atoms with Crippen LogP contribution >= 0.6 is 0 Å². The Hall–Kier alpha value is -0.610. The van der Waals surface area contributed by atoms with Crippen molar-refractivity contribution in [1.82, 2.24) is 0 Å². The number of carbonyl (C=O) groups is 1. The van der Waals surface area contributed by atoms with E-state index in [2.05, 4.69) is 0 Å². The van der Waals surface area contributed by atoms with Crippen molar-refractivity contribution in [3.8, 4) is 0 Å². The molecule has 0 amide bonds. The van der Waals surface area contributed by atoms with Crippen LogP contribution in [0.4, 0.5) is 0 Å². The van der Waals surface area contributed by atoms with E-state index in [0.717, 1.165) is 0 Å². The van der Waals surface area contributed by atoms with Gasteiger partial charge in [0.1, 0.15) is 12.1 Å². The lowest BCUT2D eigenvalue weighted by atomic mass is 10.1. The van der Waals surface area contributed by atoms with E-state index in [0.29, 0.717) is 17.5 Å². The average Bonchev–Trinajstić information content (AvgIpc) is 2.14. The highest BCUT2D eigenvalue weighted by molar-refractivity contribution is 5.71. The summed E-state index contributed by atoms with van der Waals surface area (Å²) in [5.74, 6) is -0.307. The molecule has 0 saturated heterocycles. The SMILES string of the molecule is CC(C)C(=O)OCCC(O)C(C)[N+](C)(C)C. The molecule has 2 unspecified atom stereocenters. The molecule has 96 valence electrons. The summed E-state index contributed by atoms with van der Waals surface area (Å²) in [5, 5.41) is 9.90. The first kappa shape index (κ1) is 15.4. The lowest BCUT2D eigenvalue weighted by Crippen LogP contribution is -2.50. The molecule has 16 heavy (non-hydrogen) atoms. The van der Waals surface area contributed by atoms with Crippen molar-refractivity contribution >= 4 is 5.97 Å². The van der Waals surface area contributed by atoms with Crippen LogP contribution in [-0.2, 0) is 9.53 Å². The molecule has 0 rings (SSSR count). The van der Waals surface area contributed by atoms with Crippen molar-refractivity contribution in [3.05, 3.63) is 0 Å². The maximum Gasteiger partial charge on any atom is 0.308 e. The van der Waals surface area contributed by atoms with Crippen LogP contribution in [0.5, 0.6) is 0 Å². The number of hydrogen-bond acceptors (Lipinski definition) is 3. The van der Waals surface area contributed by atoms with Crippen LogP contribution in [0.3, 0.4) is 0 Å². The molecule has 0 heterocycles. The molecule has 4 nitrogen and oxygen atoms in total. The zero-order valence-electron chi connectivity index (χ0n) is 11.4. The van der Waals surface area contributed by atoms with E-state index in [1.807, 2.05) is 28.1 Å². The highest BCUT2D eigenvalue weighted by Gasteiger charge is 2.26. The summed E-state index contributed by atoms with van der Waals surface area (Å²) in [6.45, 7) is 5.89. The normalized spacial score (nSPS) is 16.0. The van der Waals surface area contributed by atoms with Gasteiger partial charge in [0.05, 0.1) is 33.7 Å². The Morgan fingerprint density at radius 3 is 2.12 bits per heavy atom. The van der Waals surface area contributed by atoms with E-state index in [1.165, 1.54) is 0 Å². The van der Waals surface area contributed by atoms with Crippen molar-refractivity contribution in [1.29, 1.82) is 0 Å². The number of quaternary nitrogens is 1. The van der Waals surface area contributed by atoms with Gasteiger partial charge in [-0.2, -0.15) is 0 Å². The molecule has 0 aliphatic rings. The Morgan fingerprint density at radius 2 is 1.75 bits per heavy atom. The van der Waals surface area contributed by atoms with Gasteiger partial charge in [0.25, 0.3) is 0 Å². The van der Waals surface area contributed by atoms with Gasteiger partial charge in [0.2, 0.25) is 0 Å². The smallest absolute Gasteiger partial charge is 0.308 e. The van der Waals surface area contributed by atoms with Crippen molar-refractivity contribution in [2.45, 2.75) is 39.3 Å². The second kappa shape index (κ2) is 6.21. The zero-order valence-corrected chi connectivity index (χ0v) is 11.4. The van der Waals surface area contributed by atoms with Crippen molar-refractivity contribution in [2.75, 3.05) is 27.7 Å². The fourth-order valence-electron chi connectivity index (χ4n) is 1.20. The van der Waals surface area contributed by atoms with Gasteiger partial charge in [-0.05, 0) is 6.92 Å². The number of carbonyl (C=O) groups excluding carboxylic acids is 1. The molecule has 0 spiro atoms. The van der Waals surface area contributed by atoms with Crippen LogP contribution in [-0.4, -0.2) is 55.5 Å². The molecule has 0 saturated carbocycles. The standard InChI is InChI=1S/C12H26NO3/c1-9(2)12(15)16-8-7-11(14)10(3)13(4,5)6/h9-11,14H,7-8H2,1-6H3/q+1. The minimum absolute atomic E-state index is 0.104. The molecule has 2 atom stereocenters. The Morgan fingerprint density at radius 1 is 1.25 bits per heavy atom. The third kappa shape index (κ3) is 5.47. The highest BCUT2D eigenvalue weighted by Crippen LogP contribution is 2.10. The van der Waals surface area contributed by atoms with Gasteiger partial charge in [-0.15, -0.1) is 0 Å². The molecule has 0 bridgehead atoms. The van der Waals surface area contributed by atoms with E-state index in [1.54, 1.807) is 13.8 Å². The number of ether oxygens (including phenoxy) is 1. The minimum atomic E-state index is -0.444. The molecule has 0 fully saturated rings. The quantitative estimate of drug-likeness (QED) is 0.549. The van der Waals surface area contributed by atoms with Gasteiger partial charge in [-0.3, -0.25) is 4.79 Å². The first-order chi connectivity index (χ1) is 7.16. The molecule has 0 aromatic heterocycles.